The molecule has 8 heteroatoms. The van der Waals surface area contributed by atoms with Crippen molar-refractivity contribution in [1.82, 2.24) is 9.97 Å². The number of carbonyl (C=O) groups excluding carboxylic acids is 1. The lowest BCUT2D eigenvalue weighted by atomic mass is 10.0. The molecule has 1 saturated carbocycles. The molecule has 2 heterocycles. The van der Waals surface area contributed by atoms with Crippen LogP contribution in [0, 0.1) is 17.9 Å². The molecule has 7 nitrogen and oxygen atoms in total. The molecule has 0 aliphatic heterocycles. The number of rotatable bonds is 6. The number of nitriles is 1. The Balaban J connectivity index is 2.16. The minimum absolute atomic E-state index is 0.192. The van der Waals surface area contributed by atoms with Crippen molar-refractivity contribution in [1.29, 1.82) is 5.26 Å². The Labute approximate surface area is 162 Å². The summed E-state index contributed by atoms with van der Waals surface area (Å²) in [7, 11) is 3.62. The maximum atomic E-state index is 12.1. The molecule has 0 radical (unpaired) electrons. The van der Waals surface area contributed by atoms with Crippen LogP contribution < -0.4 is 10.6 Å². The standard InChI is InChI=1S/C19H18N6OS/c1-22-15-14(11-4-5-11)13(10-20)19(24-18(15)25(2)3)27-16(17(21)26)12-6-8-23-9-7-12/h6-9,11,16H,4-5H2,2-3H3,(H2,21,26). The fraction of sp³-hybridized carbons (Fsp3) is 0.316. The van der Waals surface area contributed by atoms with E-state index in [0.29, 0.717) is 27.7 Å². The van der Waals surface area contributed by atoms with Crippen molar-refractivity contribution in [3.05, 3.63) is 52.6 Å². The van der Waals surface area contributed by atoms with Crippen LogP contribution >= 0.6 is 11.8 Å². The van der Waals surface area contributed by atoms with Crippen LogP contribution in [0.2, 0.25) is 0 Å². The predicted octanol–water partition coefficient (Wildman–Crippen LogP) is 3.16. The average molecular weight is 378 g/mol. The molecular weight excluding hydrogens is 360 g/mol. The normalized spacial score (nSPS) is 14.1. The zero-order valence-corrected chi connectivity index (χ0v) is 15.8. The van der Waals surface area contributed by atoms with Gasteiger partial charge in [0.2, 0.25) is 11.6 Å². The van der Waals surface area contributed by atoms with E-state index in [1.54, 1.807) is 29.4 Å². The number of nitrogens with two attached hydrogens (primary N) is 1. The van der Waals surface area contributed by atoms with Crippen LogP contribution in [0.25, 0.3) is 4.85 Å². The molecule has 27 heavy (non-hydrogen) atoms. The molecule has 1 atom stereocenters. The van der Waals surface area contributed by atoms with Gasteiger partial charge in [0, 0.05) is 26.5 Å². The highest BCUT2D eigenvalue weighted by atomic mass is 32.2. The molecule has 2 N–H and O–H groups in total. The summed E-state index contributed by atoms with van der Waals surface area (Å²) in [6.45, 7) is 7.59. The second-order valence-corrected chi connectivity index (χ2v) is 7.54. The van der Waals surface area contributed by atoms with Crippen LogP contribution in [0.15, 0.2) is 29.6 Å². The third-order valence-corrected chi connectivity index (χ3v) is 5.55. The fourth-order valence-electron chi connectivity index (χ4n) is 2.88. The first kappa shape index (κ1) is 18.7. The van der Waals surface area contributed by atoms with E-state index in [9.17, 15) is 10.1 Å². The molecule has 0 aromatic carbocycles. The zero-order chi connectivity index (χ0) is 19.6. The highest BCUT2D eigenvalue weighted by Gasteiger charge is 2.34. The summed E-state index contributed by atoms with van der Waals surface area (Å²) in [5.74, 6) is 0.176. The first-order valence-corrected chi connectivity index (χ1v) is 9.24. The number of anilines is 1. The van der Waals surface area contributed by atoms with E-state index < -0.39 is 11.2 Å². The van der Waals surface area contributed by atoms with Crippen LogP contribution in [0.3, 0.4) is 0 Å². The summed E-state index contributed by atoms with van der Waals surface area (Å²) in [6, 6.07) is 5.65. The Morgan fingerprint density at radius 2 is 2.11 bits per heavy atom. The van der Waals surface area contributed by atoms with Crippen LogP contribution in [-0.2, 0) is 4.79 Å². The van der Waals surface area contributed by atoms with Gasteiger partial charge in [0.1, 0.15) is 22.2 Å². The Morgan fingerprint density at radius 1 is 1.44 bits per heavy atom. The van der Waals surface area contributed by atoms with E-state index in [-0.39, 0.29) is 5.92 Å². The third-order valence-electron chi connectivity index (χ3n) is 4.29. The van der Waals surface area contributed by atoms with Gasteiger partial charge in [-0.1, -0.05) is 11.8 Å². The van der Waals surface area contributed by atoms with E-state index in [1.165, 1.54) is 0 Å². The maximum absolute atomic E-state index is 12.1. The molecule has 1 unspecified atom stereocenters. The Hall–Kier alpha value is -3.10. The van der Waals surface area contributed by atoms with Crippen molar-refractivity contribution < 1.29 is 4.79 Å². The summed E-state index contributed by atoms with van der Waals surface area (Å²) < 4.78 is 0. The second kappa shape index (κ2) is 7.65. The van der Waals surface area contributed by atoms with Gasteiger partial charge in [0.25, 0.3) is 0 Å². The highest BCUT2D eigenvalue weighted by molar-refractivity contribution is 8.00. The Morgan fingerprint density at radius 3 is 2.59 bits per heavy atom. The van der Waals surface area contributed by atoms with Crippen LogP contribution in [0.1, 0.15) is 40.7 Å². The Kier molecular flexibility index (Phi) is 5.29. The van der Waals surface area contributed by atoms with E-state index in [4.69, 9.17) is 12.3 Å². The van der Waals surface area contributed by atoms with Gasteiger partial charge in [0.15, 0.2) is 0 Å². The maximum Gasteiger partial charge on any atom is 0.235 e. The number of primary amides is 1. The summed E-state index contributed by atoms with van der Waals surface area (Å²) in [5, 5.41) is 9.53. The first-order valence-electron chi connectivity index (χ1n) is 8.36. The van der Waals surface area contributed by atoms with Crippen molar-refractivity contribution >= 4 is 29.2 Å². The molecule has 1 amide bonds. The minimum Gasteiger partial charge on any atom is -0.371 e. The average Bonchev–Trinajstić information content (AvgIpc) is 3.50. The number of aromatic nitrogens is 2. The molecule has 0 bridgehead atoms. The van der Waals surface area contributed by atoms with Crippen LogP contribution in [-0.4, -0.2) is 30.0 Å². The fourth-order valence-corrected chi connectivity index (χ4v) is 3.93. The number of pyridine rings is 2. The lowest BCUT2D eigenvalue weighted by Gasteiger charge is -2.21. The number of hydrogen-bond donors (Lipinski definition) is 1. The molecule has 0 saturated heterocycles. The number of hydrogen-bond acceptors (Lipinski definition) is 6. The van der Waals surface area contributed by atoms with Gasteiger partial charge in [-0.2, -0.15) is 5.26 Å². The lowest BCUT2D eigenvalue weighted by Crippen LogP contribution is -2.20. The summed E-state index contributed by atoms with van der Waals surface area (Å²) in [5.41, 5.74) is 7.85. The number of amides is 1. The molecule has 2 aromatic heterocycles. The summed E-state index contributed by atoms with van der Waals surface area (Å²) in [6.07, 6.45) is 5.07. The van der Waals surface area contributed by atoms with Gasteiger partial charge in [0.05, 0.1) is 12.1 Å². The molecule has 136 valence electrons. The third kappa shape index (κ3) is 3.71. The van der Waals surface area contributed by atoms with Gasteiger partial charge in [-0.15, -0.1) is 0 Å². The van der Waals surface area contributed by atoms with Crippen molar-refractivity contribution in [3.63, 3.8) is 0 Å². The van der Waals surface area contributed by atoms with E-state index in [1.807, 2.05) is 14.1 Å². The van der Waals surface area contributed by atoms with Gasteiger partial charge in [-0.3, -0.25) is 9.78 Å². The van der Waals surface area contributed by atoms with Gasteiger partial charge in [-0.05, 0) is 42.0 Å². The first-order chi connectivity index (χ1) is 13.0. The van der Waals surface area contributed by atoms with Crippen molar-refractivity contribution in [2.24, 2.45) is 5.73 Å². The summed E-state index contributed by atoms with van der Waals surface area (Å²) in [4.78, 5) is 26.0. The smallest absolute Gasteiger partial charge is 0.235 e. The van der Waals surface area contributed by atoms with Gasteiger partial charge < -0.3 is 10.6 Å². The molecule has 0 spiro atoms. The van der Waals surface area contributed by atoms with E-state index >= 15 is 0 Å². The van der Waals surface area contributed by atoms with Gasteiger partial charge >= 0.3 is 0 Å². The zero-order valence-electron chi connectivity index (χ0n) is 15.0. The number of carbonyl (C=O) groups is 1. The molecule has 1 aliphatic carbocycles. The van der Waals surface area contributed by atoms with Crippen molar-refractivity contribution in [2.45, 2.75) is 29.0 Å². The monoisotopic (exact) mass is 378 g/mol. The number of thioether (sulfide) groups is 1. The molecular formula is C19H18N6OS. The second-order valence-electron chi connectivity index (χ2n) is 6.45. The number of nitrogens with zero attached hydrogens (tertiary/aromatic N) is 5. The minimum atomic E-state index is -0.701. The van der Waals surface area contributed by atoms with Crippen LogP contribution in [0.5, 0.6) is 0 Å². The molecule has 1 fully saturated rings. The quantitative estimate of drug-likeness (QED) is 0.612. The largest absolute Gasteiger partial charge is 0.371 e. The van der Waals surface area contributed by atoms with Crippen LogP contribution in [0.4, 0.5) is 11.5 Å². The van der Waals surface area contributed by atoms with Gasteiger partial charge in [-0.25, -0.2) is 9.83 Å². The molecule has 3 rings (SSSR count). The SMILES string of the molecule is [C-]#[N+]c1c(N(C)C)nc(SC(C(N)=O)c2ccncc2)c(C#N)c1C1CC1. The Bertz CT molecular complexity index is 957. The van der Waals surface area contributed by atoms with E-state index in [2.05, 4.69) is 20.9 Å². The molecule has 1 aliphatic rings. The van der Waals surface area contributed by atoms with Crippen molar-refractivity contribution in [3.8, 4) is 6.07 Å². The van der Waals surface area contributed by atoms with E-state index in [0.717, 1.165) is 30.2 Å². The highest BCUT2D eigenvalue weighted by Crippen LogP contribution is 2.51. The summed E-state index contributed by atoms with van der Waals surface area (Å²) >= 11 is 1.15. The topological polar surface area (TPSA) is 100 Å². The van der Waals surface area contributed by atoms with Crippen molar-refractivity contribution in [2.75, 3.05) is 19.0 Å². The predicted molar refractivity (Wildman–Crippen MR) is 104 cm³/mol. The molecule has 2 aromatic rings. The lowest BCUT2D eigenvalue weighted by molar-refractivity contribution is -0.117.